The number of sulfonamides is 1. The van der Waals surface area contributed by atoms with Gasteiger partial charge in [0.05, 0.1) is 4.90 Å². The van der Waals surface area contributed by atoms with Crippen LogP contribution >= 0.6 is 0 Å². The Balaban J connectivity index is 1.62. The van der Waals surface area contributed by atoms with Gasteiger partial charge in [-0.2, -0.15) is 9.40 Å². The summed E-state index contributed by atoms with van der Waals surface area (Å²) in [5.41, 5.74) is 3.15. The normalized spacial score (nSPS) is 17.9. The van der Waals surface area contributed by atoms with E-state index in [-0.39, 0.29) is 22.8 Å². The number of benzene rings is 1. The maximum Gasteiger partial charge on any atom is 0.274 e. The Kier molecular flexibility index (Phi) is 5.26. The summed E-state index contributed by atoms with van der Waals surface area (Å²) < 4.78 is 29.8. The summed E-state index contributed by atoms with van der Waals surface area (Å²) in [6, 6.07) is 7.14. The van der Waals surface area contributed by atoms with Crippen LogP contribution < -0.4 is 0 Å². The molecule has 162 valence electrons. The molecule has 30 heavy (non-hydrogen) atoms. The molecule has 0 N–H and O–H groups in total. The Morgan fingerprint density at radius 2 is 1.67 bits per heavy atom. The van der Waals surface area contributed by atoms with Gasteiger partial charge in [0.1, 0.15) is 0 Å². The van der Waals surface area contributed by atoms with Gasteiger partial charge in [0, 0.05) is 50.9 Å². The second-order valence-electron chi connectivity index (χ2n) is 9.26. The third kappa shape index (κ3) is 3.67. The number of fused-ring (bicyclic) bond motifs is 1. The number of amides is 1. The number of nitrogens with zero attached hydrogens (tertiary/aromatic N) is 4. The van der Waals surface area contributed by atoms with Crippen molar-refractivity contribution in [2.24, 2.45) is 7.05 Å². The highest BCUT2D eigenvalue weighted by Crippen LogP contribution is 2.29. The minimum Gasteiger partial charge on any atom is -0.337 e. The summed E-state index contributed by atoms with van der Waals surface area (Å²) in [6.45, 7) is 8.35. The summed E-state index contributed by atoms with van der Waals surface area (Å²) in [4.78, 5) is 15.1. The lowest BCUT2D eigenvalue weighted by Gasteiger charge is -2.27. The average Bonchev–Trinajstić information content (AvgIpc) is 3.35. The smallest absolute Gasteiger partial charge is 0.274 e. The van der Waals surface area contributed by atoms with Crippen molar-refractivity contribution in [3.63, 3.8) is 0 Å². The van der Waals surface area contributed by atoms with E-state index < -0.39 is 10.0 Å². The first-order valence-electron chi connectivity index (χ1n) is 10.5. The SMILES string of the molecule is Cn1nc(C(=O)N2CCCC2)c2c1CCN(S(=O)(=O)c1ccc(C(C)(C)C)cc1)C2. The highest BCUT2D eigenvalue weighted by atomic mass is 32.2. The maximum atomic E-state index is 13.3. The van der Waals surface area contributed by atoms with Gasteiger partial charge in [-0.3, -0.25) is 9.48 Å². The van der Waals surface area contributed by atoms with Crippen molar-refractivity contribution in [2.75, 3.05) is 19.6 Å². The third-order valence-corrected chi connectivity index (χ3v) is 8.02. The first kappa shape index (κ1) is 21.1. The number of aromatic nitrogens is 2. The van der Waals surface area contributed by atoms with Crippen molar-refractivity contribution in [3.8, 4) is 0 Å². The van der Waals surface area contributed by atoms with Crippen LogP contribution in [0.25, 0.3) is 0 Å². The molecule has 2 aliphatic heterocycles. The quantitative estimate of drug-likeness (QED) is 0.750. The van der Waals surface area contributed by atoms with Gasteiger partial charge >= 0.3 is 0 Å². The van der Waals surface area contributed by atoms with Crippen LogP contribution in [0.15, 0.2) is 29.2 Å². The number of likely N-dealkylation sites (tertiary alicyclic amines) is 1. The van der Waals surface area contributed by atoms with Crippen LogP contribution in [0.3, 0.4) is 0 Å². The van der Waals surface area contributed by atoms with E-state index in [1.54, 1.807) is 16.8 Å². The van der Waals surface area contributed by atoms with Gasteiger partial charge in [0.15, 0.2) is 5.69 Å². The van der Waals surface area contributed by atoms with Crippen LogP contribution in [-0.4, -0.2) is 52.9 Å². The van der Waals surface area contributed by atoms with E-state index >= 15 is 0 Å². The fourth-order valence-electron chi connectivity index (χ4n) is 4.29. The van der Waals surface area contributed by atoms with Crippen molar-refractivity contribution < 1.29 is 13.2 Å². The molecule has 2 aromatic rings. The van der Waals surface area contributed by atoms with Crippen LogP contribution in [0.5, 0.6) is 0 Å². The molecular formula is C22H30N4O3S. The number of hydrogen-bond acceptors (Lipinski definition) is 4. The fourth-order valence-corrected chi connectivity index (χ4v) is 5.70. The zero-order valence-electron chi connectivity index (χ0n) is 18.2. The number of aryl methyl sites for hydroxylation is 1. The summed E-state index contributed by atoms with van der Waals surface area (Å²) in [5.74, 6) is -0.0851. The molecule has 0 aliphatic carbocycles. The molecule has 1 saturated heterocycles. The van der Waals surface area contributed by atoms with Crippen LogP contribution in [0, 0.1) is 0 Å². The molecule has 7 nitrogen and oxygen atoms in total. The van der Waals surface area contributed by atoms with E-state index in [4.69, 9.17) is 0 Å². The standard InChI is InChI=1S/C22H30N4O3S/c1-22(2,3)16-7-9-17(10-8-16)30(28,29)26-14-11-19-18(15-26)20(23-24(19)4)21(27)25-12-5-6-13-25/h7-10H,5-6,11-15H2,1-4H3. The van der Waals surface area contributed by atoms with Crippen molar-refractivity contribution in [3.05, 3.63) is 46.8 Å². The molecule has 0 unspecified atom stereocenters. The van der Waals surface area contributed by atoms with Crippen molar-refractivity contribution >= 4 is 15.9 Å². The Morgan fingerprint density at radius 1 is 1.03 bits per heavy atom. The number of carbonyl (C=O) groups excluding carboxylic acids is 1. The number of carbonyl (C=O) groups is 1. The van der Waals surface area contributed by atoms with Crippen LogP contribution in [-0.2, 0) is 35.5 Å². The monoisotopic (exact) mass is 430 g/mol. The van der Waals surface area contributed by atoms with Crippen LogP contribution in [0.2, 0.25) is 0 Å². The third-order valence-electron chi connectivity index (χ3n) is 6.16. The van der Waals surface area contributed by atoms with Gasteiger partial charge < -0.3 is 4.90 Å². The molecule has 1 fully saturated rings. The lowest BCUT2D eigenvalue weighted by molar-refractivity contribution is 0.0784. The van der Waals surface area contributed by atoms with Crippen molar-refractivity contribution in [1.29, 1.82) is 0 Å². The van der Waals surface area contributed by atoms with Crippen molar-refractivity contribution in [1.82, 2.24) is 19.0 Å². The molecule has 1 aromatic carbocycles. The highest BCUT2D eigenvalue weighted by molar-refractivity contribution is 7.89. The Bertz CT molecular complexity index is 1060. The average molecular weight is 431 g/mol. The topological polar surface area (TPSA) is 75.5 Å². The number of hydrogen-bond donors (Lipinski definition) is 0. The minimum atomic E-state index is -3.65. The lowest BCUT2D eigenvalue weighted by atomic mass is 9.87. The second kappa shape index (κ2) is 7.50. The number of rotatable bonds is 3. The van der Waals surface area contributed by atoms with Gasteiger partial charge in [-0.1, -0.05) is 32.9 Å². The molecule has 0 bridgehead atoms. The first-order valence-corrected chi connectivity index (χ1v) is 12.0. The zero-order chi connectivity index (χ0) is 21.7. The molecule has 0 saturated carbocycles. The zero-order valence-corrected chi connectivity index (χ0v) is 19.0. The van der Waals surface area contributed by atoms with Gasteiger partial charge in [-0.05, 0) is 36.0 Å². The predicted octanol–water partition coefficient (Wildman–Crippen LogP) is 2.70. The van der Waals surface area contributed by atoms with E-state index in [2.05, 4.69) is 25.9 Å². The van der Waals surface area contributed by atoms with Crippen LogP contribution in [0.1, 0.15) is 60.9 Å². The second-order valence-corrected chi connectivity index (χ2v) is 11.2. The Morgan fingerprint density at radius 3 is 2.27 bits per heavy atom. The summed E-state index contributed by atoms with van der Waals surface area (Å²) in [7, 11) is -1.82. The van der Waals surface area contributed by atoms with Gasteiger partial charge in [0.2, 0.25) is 10.0 Å². The largest absolute Gasteiger partial charge is 0.337 e. The fraction of sp³-hybridized carbons (Fsp3) is 0.545. The van der Waals surface area contributed by atoms with E-state index in [9.17, 15) is 13.2 Å². The van der Waals surface area contributed by atoms with E-state index in [0.29, 0.717) is 18.7 Å². The van der Waals surface area contributed by atoms with Gasteiger partial charge in [-0.25, -0.2) is 8.42 Å². The Labute approximate surface area is 178 Å². The Hall–Kier alpha value is -2.19. The van der Waals surface area contributed by atoms with E-state index in [1.807, 2.05) is 24.1 Å². The van der Waals surface area contributed by atoms with Crippen molar-refractivity contribution in [2.45, 2.75) is 56.9 Å². The molecular weight excluding hydrogens is 400 g/mol. The van der Waals surface area contributed by atoms with Gasteiger partial charge in [-0.15, -0.1) is 0 Å². The summed E-state index contributed by atoms with van der Waals surface area (Å²) in [5, 5.41) is 4.47. The molecule has 1 amide bonds. The lowest BCUT2D eigenvalue weighted by Crippen LogP contribution is -2.37. The molecule has 0 radical (unpaired) electrons. The summed E-state index contributed by atoms with van der Waals surface area (Å²) >= 11 is 0. The van der Waals surface area contributed by atoms with E-state index in [1.165, 1.54) is 4.31 Å². The molecule has 0 atom stereocenters. The minimum absolute atomic E-state index is 0.0388. The molecule has 0 spiro atoms. The van der Waals surface area contributed by atoms with Gasteiger partial charge in [0.25, 0.3) is 5.91 Å². The molecule has 4 rings (SSSR count). The molecule has 1 aromatic heterocycles. The summed E-state index contributed by atoms with van der Waals surface area (Å²) in [6.07, 6.45) is 2.56. The van der Waals surface area contributed by atoms with E-state index in [0.717, 1.165) is 42.8 Å². The first-order chi connectivity index (χ1) is 14.1. The molecule has 2 aliphatic rings. The predicted molar refractivity (Wildman–Crippen MR) is 115 cm³/mol. The highest BCUT2D eigenvalue weighted by Gasteiger charge is 2.35. The maximum absolute atomic E-state index is 13.3. The molecule has 3 heterocycles. The van der Waals surface area contributed by atoms with Crippen LogP contribution in [0.4, 0.5) is 0 Å². The molecule has 8 heteroatoms.